The third-order valence-corrected chi connectivity index (χ3v) is 6.07. The molecule has 1 amide bonds. The van der Waals surface area contributed by atoms with Crippen LogP contribution in [0.15, 0.2) is 22.8 Å². The third-order valence-electron chi connectivity index (χ3n) is 6.07. The predicted molar refractivity (Wildman–Crippen MR) is 104 cm³/mol. The van der Waals surface area contributed by atoms with Gasteiger partial charge in [0.15, 0.2) is 11.6 Å². The molecule has 0 bridgehead atoms. The Morgan fingerprint density at radius 2 is 2.00 bits per heavy atom. The lowest BCUT2D eigenvalue weighted by atomic mass is 9.95. The van der Waals surface area contributed by atoms with E-state index in [1.165, 1.54) is 32.1 Å². The fraction of sp³-hybridized carbons (Fsp3) is 0.700. The predicted octanol–water partition coefficient (Wildman–Crippen LogP) is 3.07. The summed E-state index contributed by atoms with van der Waals surface area (Å²) in [5, 5.41) is 12.8. The van der Waals surface area contributed by atoms with Crippen molar-refractivity contribution >= 4 is 5.91 Å². The Hall–Kier alpha value is -2.22. The fourth-order valence-electron chi connectivity index (χ4n) is 4.55. The van der Waals surface area contributed by atoms with Crippen LogP contribution in [0.5, 0.6) is 0 Å². The number of aromatic nitrogens is 4. The standard InChI is InChI=1S/C20H30N6O2/c1-2-7-17(19-21-22-23-26(19)16-8-4-3-5-9-16)24-11-13-25(14-12-24)20(27)18-10-6-15-28-18/h6,10,15-17H,2-5,7-9,11-14H2,1H3. The topological polar surface area (TPSA) is 80.3 Å². The molecule has 2 fully saturated rings. The molecule has 8 heteroatoms. The van der Waals surface area contributed by atoms with Gasteiger partial charge in [-0.05, 0) is 41.8 Å². The number of hydrogen-bond donors (Lipinski definition) is 0. The van der Waals surface area contributed by atoms with Crippen molar-refractivity contribution in [3.8, 4) is 0 Å². The summed E-state index contributed by atoms with van der Waals surface area (Å²) < 4.78 is 7.37. The second-order valence-corrected chi connectivity index (χ2v) is 7.88. The Kier molecular flexibility index (Phi) is 6.04. The highest BCUT2D eigenvalue weighted by Crippen LogP contribution is 2.32. The zero-order chi connectivity index (χ0) is 19.3. The molecule has 0 spiro atoms. The molecule has 0 N–H and O–H groups in total. The smallest absolute Gasteiger partial charge is 0.289 e. The van der Waals surface area contributed by atoms with Crippen molar-refractivity contribution in [2.75, 3.05) is 26.2 Å². The highest BCUT2D eigenvalue weighted by molar-refractivity contribution is 5.91. The molecule has 0 aromatic carbocycles. The average molecular weight is 387 g/mol. The number of nitrogens with zero attached hydrogens (tertiary/aromatic N) is 6. The average Bonchev–Trinajstić information content (AvgIpc) is 3.44. The van der Waals surface area contributed by atoms with Crippen molar-refractivity contribution in [3.63, 3.8) is 0 Å². The van der Waals surface area contributed by atoms with Crippen molar-refractivity contribution < 1.29 is 9.21 Å². The first-order chi connectivity index (χ1) is 13.8. The second-order valence-electron chi connectivity index (χ2n) is 7.88. The normalized spacial score (nSPS) is 20.4. The van der Waals surface area contributed by atoms with E-state index in [0.29, 0.717) is 24.9 Å². The summed E-state index contributed by atoms with van der Waals surface area (Å²) in [6.07, 6.45) is 9.83. The monoisotopic (exact) mass is 386 g/mol. The van der Waals surface area contributed by atoms with E-state index in [0.717, 1.165) is 31.8 Å². The molecule has 4 rings (SSSR count). The van der Waals surface area contributed by atoms with Gasteiger partial charge in [-0.25, -0.2) is 4.68 Å². The molecule has 1 saturated carbocycles. The van der Waals surface area contributed by atoms with Gasteiger partial charge in [-0.15, -0.1) is 5.10 Å². The van der Waals surface area contributed by atoms with Crippen molar-refractivity contribution in [2.24, 2.45) is 0 Å². The molecule has 2 aliphatic rings. The fourth-order valence-corrected chi connectivity index (χ4v) is 4.55. The number of furan rings is 1. The molecule has 8 nitrogen and oxygen atoms in total. The van der Waals surface area contributed by atoms with Crippen LogP contribution >= 0.6 is 0 Å². The number of rotatable bonds is 6. The molecular weight excluding hydrogens is 356 g/mol. The van der Waals surface area contributed by atoms with Crippen LogP contribution in [-0.4, -0.2) is 62.1 Å². The Morgan fingerprint density at radius 3 is 2.68 bits per heavy atom. The SMILES string of the molecule is CCCC(c1nnnn1C1CCCCC1)N1CCN(C(=O)c2ccco2)CC1. The molecule has 2 aromatic rings. The van der Waals surface area contributed by atoms with E-state index in [4.69, 9.17) is 4.42 Å². The number of piperazine rings is 1. The van der Waals surface area contributed by atoms with E-state index in [1.807, 2.05) is 4.90 Å². The summed E-state index contributed by atoms with van der Waals surface area (Å²) in [5.41, 5.74) is 0. The highest BCUT2D eigenvalue weighted by atomic mass is 16.3. The minimum Gasteiger partial charge on any atom is -0.459 e. The van der Waals surface area contributed by atoms with Crippen LogP contribution in [0.3, 0.4) is 0 Å². The van der Waals surface area contributed by atoms with Crippen molar-refractivity contribution in [1.82, 2.24) is 30.0 Å². The first-order valence-electron chi connectivity index (χ1n) is 10.6. The lowest BCUT2D eigenvalue weighted by Crippen LogP contribution is -2.50. The molecule has 1 saturated heterocycles. The van der Waals surface area contributed by atoms with Crippen LogP contribution < -0.4 is 0 Å². The van der Waals surface area contributed by atoms with E-state index < -0.39 is 0 Å². The number of carbonyl (C=O) groups excluding carboxylic acids is 1. The molecule has 152 valence electrons. The number of carbonyl (C=O) groups is 1. The Labute approximate surface area is 165 Å². The van der Waals surface area contributed by atoms with Crippen LogP contribution in [0.1, 0.15) is 80.3 Å². The van der Waals surface area contributed by atoms with Crippen LogP contribution in [0.2, 0.25) is 0 Å². The Morgan fingerprint density at radius 1 is 1.21 bits per heavy atom. The van der Waals surface area contributed by atoms with Gasteiger partial charge < -0.3 is 9.32 Å². The molecule has 1 aliphatic heterocycles. The zero-order valence-electron chi connectivity index (χ0n) is 16.7. The summed E-state index contributed by atoms with van der Waals surface area (Å²) in [5.74, 6) is 1.39. The largest absolute Gasteiger partial charge is 0.459 e. The quantitative estimate of drug-likeness (QED) is 0.759. The zero-order valence-corrected chi connectivity index (χ0v) is 16.7. The van der Waals surface area contributed by atoms with Gasteiger partial charge in [-0.3, -0.25) is 9.69 Å². The van der Waals surface area contributed by atoms with E-state index in [9.17, 15) is 4.79 Å². The van der Waals surface area contributed by atoms with E-state index in [2.05, 4.69) is 32.0 Å². The minimum atomic E-state index is -0.0243. The summed E-state index contributed by atoms with van der Waals surface area (Å²) in [4.78, 5) is 16.9. The summed E-state index contributed by atoms with van der Waals surface area (Å²) in [7, 11) is 0. The van der Waals surface area contributed by atoms with Gasteiger partial charge in [-0.1, -0.05) is 32.6 Å². The number of tetrazole rings is 1. The summed E-state index contributed by atoms with van der Waals surface area (Å²) in [6, 6.07) is 4.13. The number of hydrogen-bond acceptors (Lipinski definition) is 6. The van der Waals surface area contributed by atoms with Gasteiger partial charge in [0.2, 0.25) is 0 Å². The molecule has 1 atom stereocenters. The van der Waals surface area contributed by atoms with Gasteiger partial charge in [0.1, 0.15) is 0 Å². The maximum Gasteiger partial charge on any atom is 0.289 e. The molecule has 0 radical (unpaired) electrons. The van der Waals surface area contributed by atoms with Gasteiger partial charge >= 0.3 is 0 Å². The van der Waals surface area contributed by atoms with Crippen molar-refractivity contribution in [1.29, 1.82) is 0 Å². The van der Waals surface area contributed by atoms with E-state index in [1.54, 1.807) is 18.4 Å². The van der Waals surface area contributed by atoms with Crippen LogP contribution in [0, 0.1) is 0 Å². The van der Waals surface area contributed by atoms with Crippen LogP contribution in [-0.2, 0) is 0 Å². The Balaban J connectivity index is 1.45. The van der Waals surface area contributed by atoms with Crippen molar-refractivity contribution in [3.05, 3.63) is 30.0 Å². The Bertz CT molecular complexity index is 745. The van der Waals surface area contributed by atoms with Gasteiger partial charge in [0.25, 0.3) is 5.91 Å². The van der Waals surface area contributed by atoms with E-state index in [-0.39, 0.29) is 11.9 Å². The highest BCUT2D eigenvalue weighted by Gasteiger charge is 2.32. The summed E-state index contributed by atoms with van der Waals surface area (Å²) >= 11 is 0. The molecular formula is C20H30N6O2. The molecule has 2 aromatic heterocycles. The van der Waals surface area contributed by atoms with Crippen molar-refractivity contribution in [2.45, 2.75) is 64.0 Å². The minimum absolute atomic E-state index is 0.0243. The summed E-state index contributed by atoms with van der Waals surface area (Å²) in [6.45, 7) is 5.26. The lowest BCUT2D eigenvalue weighted by Gasteiger charge is -2.39. The van der Waals surface area contributed by atoms with Crippen LogP contribution in [0.25, 0.3) is 0 Å². The maximum absolute atomic E-state index is 12.5. The van der Waals surface area contributed by atoms with E-state index >= 15 is 0 Å². The van der Waals surface area contributed by atoms with Crippen LogP contribution in [0.4, 0.5) is 0 Å². The first kappa shape index (κ1) is 19.1. The molecule has 1 aliphatic carbocycles. The number of amides is 1. The third kappa shape index (κ3) is 3.97. The first-order valence-corrected chi connectivity index (χ1v) is 10.6. The molecule has 1 unspecified atom stereocenters. The van der Waals surface area contributed by atoms with Gasteiger partial charge in [0.05, 0.1) is 18.3 Å². The lowest BCUT2D eigenvalue weighted by molar-refractivity contribution is 0.0511. The molecule has 28 heavy (non-hydrogen) atoms. The second kappa shape index (κ2) is 8.86. The van der Waals surface area contributed by atoms with Gasteiger partial charge in [-0.2, -0.15) is 0 Å². The maximum atomic E-state index is 12.5. The molecule has 3 heterocycles. The van der Waals surface area contributed by atoms with Gasteiger partial charge in [0, 0.05) is 26.2 Å².